The van der Waals surface area contributed by atoms with Crippen molar-refractivity contribution in [2.45, 2.75) is 51.6 Å². The van der Waals surface area contributed by atoms with Gasteiger partial charge in [0.1, 0.15) is 0 Å². The van der Waals surface area contributed by atoms with Crippen LogP contribution in [0, 0.1) is 0 Å². The maximum atomic E-state index is 5.67. The smallest absolute Gasteiger partial charge is 0.0192 e. The Morgan fingerprint density at radius 2 is 2.17 bits per heavy atom. The van der Waals surface area contributed by atoms with Gasteiger partial charge in [0.05, 0.1) is 0 Å². The fourth-order valence-electron chi connectivity index (χ4n) is 2.09. The highest BCUT2D eigenvalue weighted by Crippen LogP contribution is 2.18. The first-order chi connectivity index (χ1) is 5.75. The van der Waals surface area contributed by atoms with Gasteiger partial charge in [-0.1, -0.05) is 12.8 Å². The van der Waals surface area contributed by atoms with Gasteiger partial charge in [-0.15, -0.1) is 0 Å². The fourth-order valence-corrected chi connectivity index (χ4v) is 2.09. The molecule has 2 unspecified atom stereocenters. The quantitative estimate of drug-likeness (QED) is 0.682. The summed E-state index contributed by atoms with van der Waals surface area (Å²) in [6.07, 6.45) is 5.51. The minimum Gasteiger partial charge on any atom is -0.329 e. The van der Waals surface area contributed by atoms with Gasteiger partial charge in [-0.2, -0.15) is 0 Å². The van der Waals surface area contributed by atoms with E-state index in [4.69, 9.17) is 5.73 Å². The van der Waals surface area contributed by atoms with E-state index < -0.39 is 0 Å². The van der Waals surface area contributed by atoms with Crippen LogP contribution in [0.3, 0.4) is 0 Å². The Hall–Kier alpha value is -0.0800. The first-order valence-electron chi connectivity index (χ1n) is 5.21. The summed E-state index contributed by atoms with van der Waals surface area (Å²) in [6, 6.07) is 1.31. The third kappa shape index (κ3) is 2.46. The molecule has 1 aliphatic rings. The predicted octanol–water partition coefficient (Wildman–Crippen LogP) is 1.60. The highest BCUT2D eigenvalue weighted by molar-refractivity contribution is 4.76. The lowest BCUT2D eigenvalue weighted by atomic mass is 10.1. The van der Waals surface area contributed by atoms with E-state index in [1.165, 1.54) is 32.2 Å². The number of hydrogen-bond donors (Lipinski definition) is 1. The van der Waals surface area contributed by atoms with Crippen LogP contribution < -0.4 is 5.73 Å². The van der Waals surface area contributed by atoms with E-state index in [2.05, 4.69) is 18.7 Å². The Morgan fingerprint density at radius 3 is 2.83 bits per heavy atom. The Kier molecular flexibility index (Phi) is 4.02. The Balaban J connectivity index is 2.46. The van der Waals surface area contributed by atoms with Gasteiger partial charge in [0.25, 0.3) is 0 Å². The molecule has 2 nitrogen and oxygen atoms in total. The molecule has 2 heteroatoms. The van der Waals surface area contributed by atoms with Crippen molar-refractivity contribution in [3.8, 4) is 0 Å². The largest absolute Gasteiger partial charge is 0.329 e. The van der Waals surface area contributed by atoms with Gasteiger partial charge in [0.15, 0.2) is 0 Å². The molecular formula is C10H22N2. The zero-order valence-electron chi connectivity index (χ0n) is 8.42. The molecule has 0 aliphatic carbocycles. The molecule has 1 aliphatic heterocycles. The molecule has 1 fully saturated rings. The zero-order valence-corrected chi connectivity index (χ0v) is 8.42. The van der Waals surface area contributed by atoms with Crippen LogP contribution in [0.5, 0.6) is 0 Å². The third-order valence-electron chi connectivity index (χ3n) is 3.01. The zero-order chi connectivity index (χ0) is 8.97. The molecule has 0 amide bonds. The van der Waals surface area contributed by atoms with Crippen molar-refractivity contribution in [3.05, 3.63) is 0 Å². The summed E-state index contributed by atoms with van der Waals surface area (Å²) in [6.45, 7) is 6.61. The summed E-state index contributed by atoms with van der Waals surface area (Å²) >= 11 is 0. The van der Waals surface area contributed by atoms with Crippen molar-refractivity contribution in [2.24, 2.45) is 5.73 Å². The number of rotatable bonds is 2. The second-order valence-corrected chi connectivity index (χ2v) is 4.02. The van der Waals surface area contributed by atoms with Gasteiger partial charge >= 0.3 is 0 Å². The molecule has 1 heterocycles. The molecule has 2 atom stereocenters. The van der Waals surface area contributed by atoms with E-state index in [0.717, 1.165) is 12.6 Å². The second-order valence-electron chi connectivity index (χ2n) is 4.02. The lowest BCUT2D eigenvalue weighted by molar-refractivity contribution is 0.161. The number of nitrogens with zero attached hydrogens (tertiary/aromatic N) is 1. The average Bonchev–Trinajstić information content (AvgIpc) is 2.28. The molecule has 0 radical (unpaired) electrons. The van der Waals surface area contributed by atoms with Crippen molar-refractivity contribution >= 4 is 0 Å². The lowest BCUT2D eigenvalue weighted by Crippen LogP contribution is -2.43. The lowest BCUT2D eigenvalue weighted by Gasteiger charge is -2.32. The van der Waals surface area contributed by atoms with Crippen LogP contribution in [0.4, 0.5) is 0 Å². The van der Waals surface area contributed by atoms with Crippen LogP contribution in [-0.2, 0) is 0 Å². The van der Waals surface area contributed by atoms with E-state index in [0.29, 0.717) is 6.04 Å². The van der Waals surface area contributed by atoms with E-state index in [9.17, 15) is 0 Å². The Bertz CT molecular complexity index is 125. The van der Waals surface area contributed by atoms with Crippen molar-refractivity contribution in [1.82, 2.24) is 4.90 Å². The van der Waals surface area contributed by atoms with E-state index in [1.807, 2.05) is 0 Å². The first-order valence-corrected chi connectivity index (χ1v) is 5.21. The molecule has 0 saturated carbocycles. The molecular weight excluding hydrogens is 148 g/mol. The van der Waals surface area contributed by atoms with Crippen LogP contribution in [0.1, 0.15) is 39.5 Å². The molecule has 0 spiro atoms. The first kappa shape index (κ1) is 10.0. The van der Waals surface area contributed by atoms with Crippen molar-refractivity contribution < 1.29 is 0 Å². The van der Waals surface area contributed by atoms with E-state index >= 15 is 0 Å². The second kappa shape index (κ2) is 4.83. The van der Waals surface area contributed by atoms with E-state index in [-0.39, 0.29) is 0 Å². The number of hydrogen-bond acceptors (Lipinski definition) is 2. The standard InChI is InChI=1S/C10H22N2/c1-9-6-4-3-5-7-12(9)10(2)8-11/h9-10H,3-8,11H2,1-2H3. The summed E-state index contributed by atoms with van der Waals surface area (Å²) < 4.78 is 0. The summed E-state index contributed by atoms with van der Waals surface area (Å²) in [5.74, 6) is 0. The van der Waals surface area contributed by atoms with E-state index in [1.54, 1.807) is 0 Å². The summed E-state index contributed by atoms with van der Waals surface area (Å²) in [7, 11) is 0. The molecule has 1 rings (SSSR count). The van der Waals surface area contributed by atoms with Crippen molar-refractivity contribution in [2.75, 3.05) is 13.1 Å². The van der Waals surface area contributed by atoms with Crippen LogP contribution >= 0.6 is 0 Å². The third-order valence-corrected chi connectivity index (χ3v) is 3.01. The molecule has 72 valence electrons. The molecule has 12 heavy (non-hydrogen) atoms. The molecule has 0 bridgehead atoms. The van der Waals surface area contributed by atoms with Gasteiger partial charge in [0.2, 0.25) is 0 Å². The normalized spacial score (nSPS) is 29.8. The Morgan fingerprint density at radius 1 is 1.42 bits per heavy atom. The van der Waals surface area contributed by atoms with Gasteiger partial charge in [-0.25, -0.2) is 0 Å². The number of nitrogens with two attached hydrogens (primary N) is 1. The minimum atomic E-state index is 0.568. The van der Waals surface area contributed by atoms with Crippen LogP contribution in [0.15, 0.2) is 0 Å². The fraction of sp³-hybridized carbons (Fsp3) is 1.00. The summed E-state index contributed by atoms with van der Waals surface area (Å²) in [5.41, 5.74) is 5.67. The number of likely N-dealkylation sites (tertiary alicyclic amines) is 1. The monoisotopic (exact) mass is 170 g/mol. The highest BCUT2D eigenvalue weighted by Gasteiger charge is 2.20. The highest BCUT2D eigenvalue weighted by atomic mass is 15.2. The minimum absolute atomic E-state index is 0.568. The molecule has 0 aromatic rings. The van der Waals surface area contributed by atoms with Crippen molar-refractivity contribution in [1.29, 1.82) is 0 Å². The molecule has 0 aromatic carbocycles. The molecule has 0 aromatic heterocycles. The van der Waals surface area contributed by atoms with Crippen molar-refractivity contribution in [3.63, 3.8) is 0 Å². The van der Waals surface area contributed by atoms with Gasteiger partial charge in [-0.3, -0.25) is 4.90 Å². The maximum Gasteiger partial charge on any atom is 0.0192 e. The molecule has 2 N–H and O–H groups in total. The predicted molar refractivity (Wildman–Crippen MR) is 53.2 cm³/mol. The maximum absolute atomic E-state index is 5.67. The topological polar surface area (TPSA) is 29.3 Å². The SMILES string of the molecule is CC(CN)N1CCCCCC1C. The van der Waals surface area contributed by atoms with Crippen LogP contribution in [0.2, 0.25) is 0 Å². The van der Waals surface area contributed by atoms with Crippen LogP contribution in [-0.4, -0.2) is 30.1 Å². The average molecular weight is 170 g/mol. The van der Waals surface area contributed by atoms with Gasteiger partial charge < -0.3 is 5.73 Å². The Labute approximate surface area is 76.1 Å². The van der Waals surface area contributed by atoms with Crippen LogP contribution in [0.25, 0.3) is 0 Å². The van der Waals surface area contributed by atoms with Gasteiger partial charge in [-0.05, 0) is 33.2 Å². The summed E-state index contributed by atoms with van der Waals surface area (Å²) in [5, 5.41) is 0. The van der Waals surface area contributed by atoms with Gasteiger partial charge in [0, 0.05) is 18.6 Å². The summed E-state index contributed by atoms with van der Waals surface area (Å²) in [4.78, 5) is 2.56. The molecule has 1 saturated heterocycles.